The van der Waals surface area contributed by atoms with Crippen LogP contribution in [0.5, 0.6) is 5.88 Å². The number of nitrogens with zero attached hydrogens (tertiary/aromatic N) is 2. The van der Waals surface area contributed by atoms with Gasteiger partial charge in [0, 0.05) is 6.54 Å². The van der Waals surface area contributed by atoms with Gasteiger partial charge in [0.25, 0.3) is 5.69 Å². The van der Waals surface area contributed by atoms with E-state index in [4.69, 9.17) is 9.15 Å². The van der Waals surface area contributed by atoms with Crippen LogP contribution in [-0.2, 0) is 6.61 Å². The highest BCUT2D eigenvalue weighted by atomic mass is 16.6. The fourth-order valence-corrected chi connectivity index (χ4v) is 1.48. The number of nitrogens with one attached hydrogen (secondary N) is 1. The summed E-state index contributed by atoms with van der Waals surface area (Å²) in [5, 5.41) is 13.7. The lowest BCUT2D eigenvalue weighted by Gasteiger charge is -2.06. The maximum atomic E-state index is 10.8. The van der Waals surface area contributed by atoms with E-state index < -0.39 is 4.92 Å². The fourth-order valence-electron chi connectivity index (χ4n) is 1.48. The number of rotatable bonds is 6. The maximum Gasteiger partial charge on any atom is 0.278 e. The Hall–Kier alpha value is -2.57. The molecule has 0 spiro atoms. The van der Waals surface area contributed by atoms with Crippen LogP contribution in [0.4, 0.5) is 11.5 Å². The predicted molar refractivity (Wildman–Crippen MR) is 68.1 cm³/mol. The van der Waals surface area contributed by atoms with Crippen LogP contribution in [0, 0.1) is 10.1 Å². The Morgan fingerprint density at radius 3 is 3.00 bits per heavy atom. The van der Waals surface area contributed by atoms with E-state index in [1.807, 2.05) is 6.92 Å². The molecule has 100 valence electrons. The molecule has 0 unspecified atom stereocenters. The van der Waals surface area contributed by atoms with Crippen molar-refractivity contribution < 1.29 is 14.1 Å². The van der Waals surface area contributed by atoms with E-state index in [1.54, 1.807) is 12.1 Å². The first-order valence-corrected chi connectivity index (χ1v) is 5.74. The second kappa shape index (κ2) is 5.85. The normalized spacial score (nSPS) is 10.2. The van der Waals surface area contributed by atoms with Gasteiger partial charge in [0.1, 0.15) is 18.2 Å². The van der Waals surface area contributed by atoms with Crippen molar-refractivity contribution in [3.63, 3.8) is 0 Å². The third-order valence-electron chi connectivity index (χ3n) is 2.30. The number of aromatic nitrogens is 1. The zero-order valence-corrected chi connectivity index (χ0v) is 10.3. The highest BCUT2D eigenvalue weighted by molar-refractivity contribution is 5.48. The fraction of sp³-hybridized carbons (Fsp3) is 0.250. The molecule has 2 aromatic heterocycles. The molecule has 7 nitrogen and oxygen atoms in total. The first kappa shape index (κ1) is 12.9. The summed E-state index contributed by atoms with van der Waals surface area (Å²) in [6, 6.07) is 6.14. The summed E-state index contributed by atoms with van der Waals surface area (Å²) in [6.07, 6.45) is 1.53. The van der Waals surface area contributed by atoms with Crippen molar-refractivity contribution in [1.82, 2.24) is 4.98 Å². The molecule has 0 atom stereocenters. The lowest BCUT2D eigenvalue weighted by atomic mass is 10.4. The van der Waals surface area contributed by atoms with Gasteiger partial charge >= 0.3 is 0 Å². The summed E-state index contributed by atoms with van der Waals surface area (Å²) >= 11 is 0. The highest BCUT2D eigenvalue weighted by Crippen LogP contribution is 2.22. The molecule has 7 heteroatoms. The molecule has 2 rings (SSSR count). The number of hydrogen-bond donors (Lipinski definition) is 1. The molecule has 0 bridgehead atoms. The highest BCUT2D eigenvalue weighted by Gasteiger charge is 2.12. The van der Waals surface area contributed by atoms with Crippen LogP contribution in [0.2, 0.25) is 0 Å². The van der Waals surface area contributed by atoms with Gasteiger partial charge in [0.2, 0.25) is 5.88 Å². The first-order chi connectivity index (χ1) is 9.19. The van der Waals surface area contributed by atoms with Gasteiger partial charge in [-0.15, -0.1) is 0 Å². The second-order valence-corrected chi connectivity index (χ2v) is 3.70. The van der Waals surface area contributed by atoms with E-state index in [-0.39, 0.29) is 18.2 Å². The van der Waals surface area contributed by atoms with Gasteiger partial charge in [-0.2, -0.15) is 4.98 Å². The number of pyridine rings is 1. The summed E-state index contributed by atoms with van der Waals surface area (Å²) in [7, 11) is 0. The van der Waals surface area contributed by atoms with Gasteiger partial charge in [-0.05, 0) is 19.1 Å². The predicted octanol–water partition coefficient (Wildman–Crippen LogP) is 2.59. The quantitative estimate of drug-likeness (QED) is 0.636. The lowest BCUT2D eigenvalue weighted by Crippen LogP contribution is -2.03. The third kappa shape index (κ3) is 3.44. The van der Waals surface area contributed by atoms with E-state index in [0.29, 0.717) is 18.1 Å². The third-order valence-corrected chi connectivity index (χ3v) is 2.30. The summed E-state index contributed by atoms with van der Waals surface area (Å²) in [6.45, 7) is 2.67. The molecule has 19 heavy (non-hydrogen) atoms. The second-order valence-electron chi connectivity index (χ2n) is 3.70. The smallest absolute Gasteiger partial charge is 0.278 e. The first-order valence-electron chi connectivity index (χ1n) is 5.74. The van der Waals surface area contributed by atoms with Crippen LogP contribution >= 0.6 is 0 Å². The molecule has 2 heterocycles. The van der Waals surface area contributed by atoms with Crippen LogP contribution in [-0.4, -0.2) is 16.5 Å². The number of ether oxygens (including phenoxy) is 1. The van der Waals surface area contributed by atoms with Crippen molar-refractivity contribution in [2.75, 3.05) is 11.9 Å². The number of furan rings is 1. The van der Waals surface area contributed by atoms with Crippen LogP contribution in [0.3, 0.4) is 0 Å². The van der Waals surface area contributed by atoms with Crippen molar-refractivity contribution in [2.45, 2.75) is 13.5 Å². The minimum atomic E-state index is -0.484. The SMILES string of the molecule is CCNc1cc([N+](=O)[O-])cc(OCc2ccco2)n1. The van der Waals surface area contributed by atoms with Gasteiger partial charge in [-0.1, -0.05) is 0 Å². The van der Waals surface area contributed by atoms with Crippen LogP contribution in [0.1, 0.15) is 12.7 Å². The van der Waals surface area contributed by atoms with Gasteiger partial charge in [0.15, 0.2) is 0 Å². The molecular weight excluding hydrogens is 250 g/mol. The van der Waals surface area contributed by atoms with Crippen molar-refractivity contribution in [1.29, 1.82) is 0 Å². The summed E-state index contributed by atoms with van der Waals surface area (Å²) in [5.74, 6) is 1.21. The molecule has 0 aliphatic carbocycles. The minimum Gasteiger partial charge on any atom is -0.469 e. The number of nitro groups is 1. The monoisotopic (exact) mass is 263 g/mol. The van der Waals surface area contributed by atoms with Gasteiger partial charge in [-0.3, -0.25) is 10.1 Å². The lowest BCUT2D eigenvalue weighted by molar-refractivity contribution is -0.384. The molecular formula is C12H13N3O4. The molecule has 2 aromatic rings. The zero-order chi connectivity index (χ0) is 13.7. The Morgan fingerprint density at radius 2 is 2.37 bits per heavy atom. The molecule has 0 amide bonds. The van der Waals surface area contributed by atoms with Crippen molar-refractivity contribution in [3.8, 4) is 5.88 Å². The Balaban J connectivity index is 2.16. The van der Waals surface area contributed by atoms with E-state index in [9.17, 15) is 10.1 Å². The van der Waals surface area contributed by atoms with Crippen molar-refractivity contribution in [2.24, 2.45) is 0 Å². The molecule has 0 aliphatic rings. The van der Waals surface area contributed by atoms with Gasteiger partial charge in [-0.25, -0.2) is 0 Å². The summed E-state index contributed by atoms with van der Waals surface area (Å²) in [4.78, 5) is 14.5. The van der Waals surface area contributed by atoms with E-state index in [1.165, 1.54) is 18.4 Å². The maximum absolute atomic E-state index is 10.8. The van der Waals surface area contributed by atoms with Crippen LogP contribution in [0.25, 0.3) is 0 Å². The van der Waals surface area contributed by atoms with E-state index >= 15 is 0 Å². The molecule has 0 saturated carbocycles. The largest absolute Gasteiger partial charge is 0.469 e. The Labute approximate surface area is 109 Å². The standard InChI is InChI=1S/C12H13N3O4/c1-2-13-11-6-9(15(16)17)7-12(14-11)19-8-10-4-3-5-18-10/h3-7H,2,8H2,1H3,(H,13,14). The zero-order valence-electron chi connectivity index (χ0n) is 10.3. The molecule has 0 fully saturated rings. The van der Waals surface area contributed by atoms with Gasteiger partial charge < -0.3 is 14.5 Å². The van der Waals surface area contributed by atoms with E-state index in [2.05, 4.69) is 10.3 Å². The topological polar surface area (TPSA) is 90.4 Å². The molecule has 1 N–H and O–H groups in total. The Bertz CT molecular complexity index is 554. The molecule has 0 aliphatic heterocycles. The Kier molecular flexibility index (Phi) is 3.97. The van der Waals surface area contributed by atoms with Crippen molar-refractivity contribution in [3.05, 3.63) is 46.4 Å². The van der Waals surface area contributed by atoms with E-state index in [0.717, 1.165) is 0 Å². The molecule has 0 aromatic carbocycles. The summed E-state index contributed by atoms with van der Waals surface area (Å²) < 4.78 is 10.5. The average molecular weight is 263 g/mol. The molecule has 0 saturated heterocycles. The summed E-state index contributed by atoms with van der Waals surface area (Å²) in [5.41, 5.74) is -0.0691. The van der Waals surface area contributed by atoms with Crippen LogP contribution < -0.4 is 10.1 Å². The molecule has 0 radical (unpaired) electrons. The van der Waals surface area contributed by atoms with Crippen LogP contribution in [0.15, 0.2) is 34.9 Å². The average Bonchev–Trinajstić information content (AvgIpc) is 2.89. The number of hydrogen-bond acceptors (Lipinski definition) is 6. The van der Waals surface area contributed by atoms with Gasteiger partial charge in [0.05, 0.1) is 23.3 Å². The minimum absolute atomic E-state index is 0.0691. The number of anilines is 1. The van der Waals surface area contributed by atoms with Crippen molar-refractivity contribution >= 4 is 11.5 Å². The Morgan fingerprint density at radius 1 is 1.53 bits per heavy atom.